The highest BCUT2D eigenvalue weighted by Crippen LogP contribution is 2.21. The van der Waals surface area contributed by atoms with Gasteiger partial charge in [0.2, 0.25) is 0 Å². The molecule has 5 nitrogen and oxygen atoms in total. The summed E-state index contributed by atoms with van der Waals surface area (Å²) in [6, 6.07) is 11.2. The van der Waals surface area contributed by atoms with Gasteiger partial charge in [-0.25, -0.2) is 0 Å². The zero-order chi connectivity index (χ0) is 17.6. The number of ether oxygens (including phenoxy) is 2. The second-order valence-corrected chi connectivity index (χ2v) is 6.59. The van der Waals surface area contributed by atoms with Gasteiger partial charge in [0.25, 0.3) is 0 Å². The van der Waals surface area contributed by atoms with Gasteiger partial charge in [-0.2, -0.15) is 0 Å². The lowest BCUT2D eigenvalue weighted by Gasteiger charge is -2.22. The number of esters is 1. The quantitative estimate of drug-likeness (QED) is 0.781. The highest BCUT2D eigenvalue weighted by molar-refractivity contribution is 5.70. The molecule has 0 saturated heterocycles. The summed E-state index contributed by atoms with van der Waals surface area (Å²) in [6.45, 7) is 6.19. The Hall–Kier alpha value is -2.27. The van der Waals surface area contributed by atoms with Gasteiger partial charge in [0.05, 0.1) is 25.8 Å². The average molecular weight is 331 g/mol. The van der Waals surface area contributed by atoms with Gasteiger partial charge in [0.1, 0.15) is 17.1 Å². The molecule has 5 heteroatoms. The summed E-state index contributed by atoms with van der Waals surface area (Å²) in [5, 5.41) is 3.36. The minimum absolute atomic E-state index is 0.209. The van der Waals surface area contributed by atoms with E-state index in [0.29, 0.717) is 6.54 Å². The summed E-state index contributed by atoms with van der Waals surface area (Å²) in [5.41, 5.74) is 0.595. The molecule has 0 fully saturated rings. The number of carbonyl (C=O) groups is 1. The molecule has 1 atom stereocenters. The van der Waals surface area contributed by atoms with E-state index >= 15 is 0 Å². The zero-order valence-corrected chi connectivity index (χ0v) is 14.7. The maximum Gasteiger partial charge on any atom is 0.308 e. The number of methoxy groups -OCH3 is 1. The molecule has 0 aliphatic rings. The van der Waals surface area contributed by atoms with Gasteiger partial charge >= 0.3 is 5.97 Å². The van der Waals surface area contributed by atoms with Crippen molar-refractivity contribution in [3.05, 3.63) is 54.0 Å². The van der Waals surface area contributed by atoms with Crippen molar-refractivity contribution >= 4 is 5.97 Å². The highest BCUT2D eigenvalue weighted by Gasteiger charge is 2.23. The lowest BCUT2D eigenvalue weighted by Crippen LogP contribution is -2.28. The standard InChI is InChI=1S/C19H25NO4/c1-19(2,3)24-18(21)12-16(17-6-5-11-23-17)20-13-14-7-9-15(22-4)10-8-14/h5-11,16,20H,12-13H2,1-4H3/t16-/m1/s1. The molecule has 2 aromatic rings. The maximum absolute atomic E-state index is 12.1. The van der Waals surface area contributed by atoms with Gasteiger partial charge in [0, 0.05) is 6.54 Å². The number of furan rings is 1. The van der Waals surface area contributed by atoms with Gasteiger partial charge in [-0.05, 0) is 50.6 Å². The number of rotatable bonds is 7. The summed E-state index contributed by atoms with van der Waals surface area (Å²) in [5.74, 6) is 1.27. The lowest BCUT2D eigenvalue weighted by molar-refractivity contribution is -0.155. The fourth-order valence-corrected chi connectivity index (χ4v) is 2.30. The minimum atomic E-state index is -0.499. The molecule has 1 aromatic heterocycles. The first kappa shape index (κ1) is 18.1. The largest absolute Gasteiger partial charge is 0.497 e. The van der Waals surface area contributed by atoms with Crippen molar-refractivity contribution in [3.8, 4) is 5.75 Å². The molecular formula is C19H25NO4. The molecule has 0 aliphatic heterocycles. The Balaban J connectivity index is 2.00. The molecule has 0 spiro atoms. The SMILES string of the molecule is COc1ccc(CN[C@H](CC(=O)OC(C)(C)C)c2ccco2)cc1. The summed E-state index contributed by atoms with van der Waals surface area (Å²) in [6.07, 6.45) is 1.81. The zero-order valence-electron chi connectivity index (χ0n) is 14.7. The smallest absolute Gasteiger partial charge is 0.308 e. The first-order valence-electron chi connectivity index (χ1n) is 7.99. The van der Waals surface area contributed by atoms with E-state index in [4.69, 9.17) is 13.9 Å². The van der Waals surface area contributed by atoms with Crippen LogP contribution >= 0.6 is 0 Å². The first-order chi connectivity index (χ1) is 11.4. The first-order valence-corrected chi connectivity index (χ1v) is 7.99. The monoisotopic (exact) mass is 331 g/mol. The van der Waals surface area contributed by atoms with E-state index in [9.17, 15) is 4.79 Å². The van der Waals surface area contributed by atoms with Crippen LogP contribution in [-0.4, -0.2) is 18.7 Å². The van der Waals surface area contributed by atoms with Crippen LogP contribution in [0.15, 0.2) is 47.1 Å². The minimum Gasteiger partial charge on any atom is -0.497 e. The second kappa shape index (κ2) is 8.02. The van der Waals surface area contributed by atoms with Crippen molar-refractivity contribution in [3.63, 3.8) is 0 Å². The number of carbonyl (C=O) groups excluding carboxylic acids is 1. The predicted molar refractivity (Wildman–Crippen MR) is 91.7 cm³/mol. The molecule has 0 radical (unpaired) electrons. The highest BCUT2D eigenvalue weighted by atomic mass is 16.6. The Morgan fingerprint density at radius 2 is 1.92 bits per heavy atom. The van der Waals surface area contributed by atoms with Crippen LogP contribution in [0.1, 0.15) is 44.6 Å². The van der Waals surface area contributed by atoms with Crippen LogP contribution in [-0.2, 0) is 16.1 Å². The average Bonchev–Trinajstić information content (AvgIpc) is 3.04. The van der Waals surface area contributed by atoms with Crippen molar-refractivity contribution in [2.45, 2.75) is 45.4 Å². The van der Waals surface area contributed by atoms with Crippen LogP contribution in [0.3, 0.4) is 0 Å². The van der Waals surface area contributed by atoms with Crippen molar-refractivity contribution in [2.75, 3.05) is 7.11 Å². The summed E-state index contributed by atoms with van der Waals surface area (Å²) < 4.78 is 16.0. The Morgan fingerprint density at radius 1 is 1.21 bits per heavy atom. The van der Waals surface area contributed by atoms with Crippen molar-refractivity contribution in [2.24, 2.45) is 0 Å². The molecule has 0 aliphatic carbocycles. The van der Waals surface area contributed by atoms with Crippen LogP contribution < -0.4 is 10.1 Å². The lowest BCUT2D eigenvalue weighted by atomic mass is 10.1. The summed E-state index contributed by atoms with van der Waals surface area (Å²) >= 11 is 0. The van der Waals surface area contributed by atoms with Gasteiger partial charge in [0.15, 0.2) is 0 Å². The topological polar surface area (TPSA) is 60.7 Å². The molecule has 2 rings (SSSR count). The van der Waals surface area contributed by atoms with Gasteiger partial charge < -0.3 is 19.2 Å². The number of hydrogen-bond acceptors (Lipinski definition) is 5. The van der Waals surface area contributed by atoms with E-state index in [1.165, 1.54) is 0 Å². The fourth-order valence-electron chi connectivity index (χ4n) is 2.30. The predicted octanol–water partition coefficient (Wildman–Crippen LogP) is 3.85. The van der Waals surface area contributed by atoms with Crippen molar-refractivity contribution in [1.29, 1.82) is 0 Å². The molecular weight excluding hydrogens is 306 g/mol. The second-order valence-electron chi connectivity index (χ2n) is 6.59. The van der Waals surface area contributed by atoms with Crippen LogP contribution in [0.25, 0.3) is 0 Å². The molecule has 0 amide bonds. The van der Waals surface area contributed by atoms with E-state index < -0.39 is 5.60 Å². The summed E-state index contributed by atoms with van der Waals surface area (Å²) in [7, 11) is 1.64. The fraction of sp³-hybridized carbons (Fsp3) is 0.421. The van der Waals surface area contributed by atoms with E-state index in [1.54, 1.807) is 13.4 Å². The molecule has 1 aromatic carbocycles. The normalized spacial score (nSPS) is 12.7. The van der Waals surface area contributed by atoms with E-state index in [0.717, 1.165) is 17.1 Å². The van der Waals surface area contributed by atoms with Gasteiger partial charge in [-0.1, -0.05) is 12.1 Å². The van der Waals surface area contributed by atoms with Gasteiger partial charge in [-0.15, -0.1) is 0 Å². The number of benzene rings is 1. The molecule has 1 heterocycles. The molecule has 130 valence electrons. The van der Waals surface area contributed by atoms with E-state index in [-0.39, 0.29) is 18.4 Å². The molecule has 0 unspecified atom stereocenters. The van der Waals surface area contributed by atoms with Crippen LogP contribution in [0.5, 0.6) is 5.75 Å². The summed E-state index contributed by atoms with van der Waals surface area (Å²) in [4.78, 5) is 12.1. The Bertz CT molecular complexity index is 626. The maximum atomic E-state index is 12.1. The molecule has 24 heavy (non-hydrogen) atoms. The van der Waals surface area contributed by atoms with Crippen molar-refractivity contribution in [1.82, 2.24) is 5.32 Å². The van der Waals surface area contributed by atoms with Crippen molar-refractivity contribution < 1.29 is 18.7 Å². The van der Waals surface area contributed by atoms with Crippen LogP contribution in [0.4, 0.5) is 0 Å². The van der Waals surface area contributed by atoms with Gasteiger partial charge in [-0.3, -0.25) is 4.79 Å². The third-order valence-corrected chi connectivity index (χ3v) is 3.39. The third kappa shape index (κ3) is 5.74. The number of hydrogen-bond donors (Lipinski definition) is 1. The van der Waals surface area contributed by atoms with Crippen LogP contribution in [0.2, 0.25) is 0 Å². The Kier molecular flexibility index (Phi) is 6.04. The Morgan fingerprint density at radius 3 is 2.46 bits per heavy atom. The molecule has 0 bridgehead atoms. The molecule has 1 N–H and O–H groups in total. The van der Waals surface area contributed by atoms with E-state index in [2.05, 4.69) is 5.32 Å². The molecule has 0 saturated carbocycles. The Labute approximate surface area is 143 Å². The third-order valence-electron chi connectivity index (χ3n) is 3.39. The number of nitrogens with one attached hydrogen (secondary N) is 1. The van der Waals surface area contributed by atoms with E-state index in [1.807, 2.05) is 57.2 Å². The van der Waals surface area contributed by atoms with Crippen LogP contribution in [0, 0.1) is 0 Å².